The third-order valence-electron chi connectivity index (χ3n) is 0.246. The minimum atomic E-state index is -4.54. The lowest BCUT2D eigenvalue weighted by Gasteiger charge is -1.90. The van der Waals surface area contributed by atoms with Crippen LogP contribution in [-0.2, 0) is 10.1 Å². The van der Waals surface area contributed by atoms with Crippen molar-refractivity contribution in [3.8, 4) is 0 Å². The van der Waals surface area contributed by atoms with Gasteiger partial charge < -0.3 is 0 Å². The Balaban J connectivity index is 4.10. The predicted octanol–water partition coefficient (Wildman–Crippen LogP) is 0.0571. The summed E-state index contributed by atoms with van der Waals surface area (Å²) >= 11 is 2.77. The Morgan fingerprint density at radius 3 is 1.86 bits per heavy atom. The van der Waals surface area contributed by atoms with Gasteiger partial charge in [0.15, 0.2) is 0 Å². The molecule has 0 aliphatic rings. The van der Waals surface area contributed by atoms with E-state index in [1.54, 1.807) is 0 Å². The molecule has 1 N–H and O–H groups in total. The van der Waals surface area contributed by atoms with Crippen LogP contribution in [0.25, 0.3) is 0 Å². The van der Waals surface area contributed by atoms with E-state index >= 15 is 0 Å². The molecular weight excluding hydrogens is 143 g/mol. The lowest BCUT2D eigenvalue weighted by atomic mass is 11.8. The molecule has 0 bridgehead atoms. The van der Waals surface area contributed by atoms with E-state index in [9.17, 15) is 12.8 Å². The van der Waals surface area contributed by atoms with Gasteiger partial charge in [-0.3, -0.25) is 4.55 Å². The smallest absolute Gasteiger partial charge is 0.283 e. The third kappa shape index (κ3) is 2.84. The first-order chi connectivity index (χ1) is 2.94. The van der Waals surface area contributed by atoms with Crippen LogP contribution in [0.1, 0.15) is 0 Å². The number of rotatable bonds is 1. The van der Waals surface area contributed by atoms with Gasteiger partial charge in [0, 0.05) is 0 Å². The average Bonchev–Trinajstić information content (AvgIpc) is 1.31. The molecule has 0 saturated heterocycles. The molecule has 0 aromatic carbocycles. The molecule has 3 nitrogen and oxygen atoms in total. The van der Waals surface area contributed by atoms with Gasteiger partial charge in [-0.1, -0.05) is 0 Å². The van der Waals surface area contributed by atoms with E-state index in [4.69, 9.17) is 4.55 Å². The van der Waals surface area contributed by atoms with E-state index in [1.165, 1.54) is 0 Å². The Morgan fingerprint density at radius 1 is 1.71 bits per heavy atom. The summed E-state index contributed by atoms with van der Waals surface area (Å²) in [5.41, 5.74) is 0. The highest BCUT2D eigenvalue weighted by Crippen LogP contribution is 2.02. The first kappa shape index (κ1) is 7.19. The zero-order valence-corrected chi connectivity index (χ0v) is 4.79. The summed E-state index contributed by atoms with van der Waals surface area (Å²) in [6.07, 6.45) is 0. The van der Waals surface area contributed by atoms with E-state index in [-0.39, 0.29) is 0 Å². The maximum Gasteiger partial charge on any atom is 0.307 e. The van der Waals surface area contributed by atoms with Crippen molar-refractivity contribution < 1.29 is 17.4 Å². The zero-order valence-electron chi connectivity index (χ0n) is 3.07. The molecule has 0 amide bonds. The Hall–Kier alpha value is 0.190. The van der Waals surface area contributed by atoms with Crippen LogP contribution in [0, 0.1) is 0 Å². The first-order valence-electron chi connectivity index (χ1n) is 1.23. The summed E-state index contributed by atoms with van der Waals surface area (Å²) in [5, 5.41) is 0. The predicted molar refractivity (Wildman–Crippen MR) is 25.4 cm³/mol. The molecule has 0 aliphatic carbocycles. The fourth-order valence-electron chi connectivity index (χ4n) is 0. The number of hydrogen-bond acceptors (Lipinski definition) is 3. The van der Waals surface area contributed by atoms with Gasteiger partial charge >= 0.3 is 10.1 Å². The molecule has 0 aromatic rings. The van der Waals surface area contributed by atoms with Crippen molar-refractivity contribution in [1.82, 2.24) is 0 Å². The molecule has 7 heavy (non-hydrogen) atoms. The second-order valence-electron chi connectivity index (χ2n) is 0.807. The molecule has 0 spiro atoms. The molecule has 0 aliphatic heterocycles. The third-order valence-corrected chi connectivity index (χ3v) is 1.54. The van der Waals surface area contributed by atoms with Crippen molar-refractivity contribution in [1.29, 1.82) is 0 Å². The van der Waals surface area contributed by atoms with E-state index in [0.29, 0.717) is 0 Å². The van der Waals surface area contributed by atoms with Crippen molar-refractivity contribution in [3.05, 3.63) is 0 Å². The van der Waals surface area contributed by atoms with Gasteiger partial charge in [0.05, 0.1) is 0 Å². The highest BCUT2D eigenvalue weighted by atomic mass is 32.3. The van der Waals surface area contributed by atoms with Gasteiger partial charge in [-0.05, 0) is 0 Å². The molecular formula is CH3FO3S2. The summed E-state index contributed by atoms with van der Waals surface area (Å²) < 4.78 is 37.7. The van der Waals surface area contributed by atoms with Crippen LogP contribution in [0.4, 0.5) is 4.39 Å². The van der Waals surface area contributed by atoms with Crippen LogP contribution in [0.2, 0.25) is 0 Å². The number of halogens is 1. The van der Waals surface area contributed by atoms with Crippen molar-refractivity contribution in [3.63, 3.8) is 0 Å². The topological polar surface area (TPSA) is 54.4 Å². The molecule has 0 fully saturated rings. The first-order valence-corrected chi connectivity index (χ1v) is 3.25. The van der Waals surface area contributed by atoms with E-state index in [0.717, 1.165) is 0 Å². The van der Waals surface area contributed by atoms with Crippen LogP contribution in [0.3, 0.4) is 0 Å². The number of thiol groups is 1. The van der Waals surface area contributed by atoms with Crippen molar-refractivity contribution in [2.45, 2.75) is 4.84 Å². The highest BCUT2D eigenvalue weighted by molar-refractivity contribution is 8.01. The largest absolute Gasteiger partial charge is 0.307 e. The summed E-state index contributed by atoms with van der Waals surface area (Å²) in [6.45, 7) is 0. The SMILES string of the molecule is O=S(=O)(O)C(F)S. The van der Waals surface area contributed by atoms with E-state index in [1.807, 2.05) is 0 Å². The summed E-state index contributed by atoms with van der Waals surface area (Å²) in [4.78, 5) is -2.48. The van der Waals surface area contributed by atoms with Gasteiger partial charge in [0.2, 0.25) is 0 Å². The van der Waals surface area contributed by atoms with Crippen LogP contribution in [0.5, 0.6) is 0 Å². The van der Waals surface area contributed by atoms with Crippen LogP contribution < -0.4 is 0 Å². The Bertz CT molecular complexity index is 135. The Kier molecular flexibility index (Phi) is 2.03. The van der Waals surface area contributed by atoms with Crippen molar-refractivity contribution in [2.75, 3.05) is 0 Å². The summed E-state index contributed by atoms with van der Waals surface area (Å²) in [6, 6.07) is 0. The fourth-order valence-corrected chi connectivity index (χ4v) is 0. The maximum absolute atomic E-state index is 11.2. The monoisotopic (exact) mass is 146 g/mol. The fraction of sp³-hybridized carbons (Fsp3) is 1.00. The lowest BCUT2D eigenvalue weighted by molar-refractivity contribution is 0.434. The van der Waals surface area contributed by atoms with Crippen LogP contribution in [0.15, 0.2) is 0 Å². The lowest BCUT2D eigenvalue weighted by Crippen LogP contribution is -2.06. The average molecular weight is 146 g/mol. The second kappa shape index (κ2) is 1.97. The van der Waals surface area contributed by atoms with Crippen LogP contribution in [-0.4, -0.2) is 17.8 Å². The maximum atomic E-state index is 11.2. The summed E-state index contributed by atoms with van der Waals surface area (Å²) in [7, 11) is -4.54. The van der Waals surface area contributed by atoms with Crippen molar-refractivity contribution >= 4 is 22.7 Å². The quantitative estimate of drug-likeness (QED) is 0.406. The molecule has 0 heterocycles. The minimum absolute atomic E-state index is 2.48. The summed E-state index contributed by atoms with van der Waals surface area (Å²) in [5.74, 6) is 0. The molecule has 0 radical (unpaired) electrons. The molecule has 0 saturated carbocycles. The number of alkyl halides is 1. The zero-order chi connectivity index (χ0) is 6.08. The van der Waals surface area contributed by atoms with Gasteiger partial charge in [0.1, 0.15) is 0 Å². The van der Waals surface area contributed by atoms with Crippen molar-refractivity contribution in [2.24, 2.45) is 0 Å². The standard InChI is InChI=1S/CH3FO3S2/c2-1(6)7(3,4)5/h1,6H,(H,3,4,5). The normalized spacial score (nSPS) is 16.4. The molecule has 0 aromatic heterocycles. The number of hydrogen-bond donors (Lipinski definition) is 2. The van der Waals surface area contributed by atoms with Gasteiger partial charge in [0.25, 0.3) is 4.84 Å². The highest BCUT2D eigenvalue weighted by Gasteiger charge is 2.14. The van der Waals surface area contributed by atoms with E-state index < -0.39 is 15.0 Å². The Morgan fingerprint density at radius 2 is 1.86 bits per heavy atom. The molecule has 0 rings (SSSR count). The molecule has 1 unspecified atom stereocenters. The van der Waals surface area contributed by atoms with Crippen LogP contribution >= 0.6 is 12.6 Å². The second-order valence-corrected chi connectivity index (χ2v) is 3.05. The minimum Gasteiger partial charge on any atom is -0.283 e. The molecule has 6 heteroatoms. The van der Waals surface area contributed by atoms with Gasteiger partial charge in [-0.25, -0.2) is 4.39 Å². The Labute approximate surface area is 45.7 Å². The van der Waals surface area contributed by atoms with E-state index in [2.05, 4.69) is 12.6 Å². The molecule has 1 atom stereocenters. The van der Waals surface area contributed by atoms with Gasteiger partial charge in [-0.2, -0.15) is 8.42 Å². The molecule has 44 valence electrons. The van der Waals surface area contributed by atoms with Gasteiger partial charge in [-0.15, -0.1) is 12.6 Å².